The van der Waals surface area contributed by atoms with Gasteiger partial charge in [-0.05, 0) is 23.6 Å². The fourth-order valence-electron chi connectivity index (χ4n) is 2.61. The van der Waals surface area contributed by atoms with Gasteiger partial charge in [-0.2, -0.15) is 0 Å². The van der Waals surface area contributed by atoms with Crippen molar-refractivity contribution in [2.45, 2.75) is 11.0 Å². The summed E-state index contributed by atoms with van der Waals surface area (Å²) in [5.74, 6) is 1.41. The van der Waals surface area contributed by atoms with E-state index >= 15 is 0 Å². The summed E-state index contributed by atoms with van der Waals surface area (Å²) in [5, 5.41) is 11.3. The first kappa shape index (κ1) is 15.4. The zero-order chi connectivity index (χ0) is 17.5. The lowest BCUT2D eigenvalue weighted by Crippen LogP contribution is -2.10. The van der Waals surface area contributed by atoms with Gasteiger partial charge in [0.15, 0.2) is 0 Å². The number of rotatable bonds is 4. The molecule has 0 aliphatic rings. The second-order valence-corrected chi connectivity index (χ2v) is 7.30. The van der Waals surface area contributed by atoms with Crippen LogP contribution in [0.15, 0.2) is 60.6 Å². The molecule has 0 aliphatic heterocycles. The van der Waals surface area contributed by atoms with Crippen molar-refractivity contribution in [1.29, 1.82) is 0 Å². The summed E-state index contributed by atoms with van der Waals surface area (Å²) in [6.07, 6.45) is 0. The molecule has 0 aliphatic carbocycles. The van der Waals surface area contributed by atoms with E-state index < -0.39 is 0 Å². The van der Waals surface area contributed by atoms with Crippen molar-refractivity contribution in [3.8, 4) is 10.8 Å². The van der Waals surface area contributed by atoms with Crippen LogP contribution in [0.5, 0.6) is 0 Å². The summed E-state index contributed by atoms with van der Waals surface area (Å²) in [5.41, 5.74) is 1.14. The molecule has 4 heterocycles. The van der Waals surface area contributed by atoms with Crippen molar-refractivity contribution in [2.24, 2.45) is 0 Å². The van der Waals surface area contributed by atoms with E-state index in [0.29, 0.717) is 33.8 Å². The van der Waals surface area contributed by atoms with Gasteiger partial charge >= 0.3 is 0 Å². The van der Waals surface area contributed by atoms with E-state index in [1.54, 1.807) is 0 Å². The van der Waals surface area contributed by atoms with E-state index in [-0.39, 0.29) is 11.1 Å². The molecule has 4 aromatic heterocycles. The molecule has 0 saturated carbocycles. The van der Waals surface area contributed by atoms with Gasteiger partial charge in [-0.15, -0.1) is 21.5 Å². The molecule has 7 nitrogen and oxygen atoms in total. The van der Waals surface area contributed by atoms with Crippen molar-refractivity contribution in [2.75, 3.05) is 0 Å². The van der Waals surface area contributed by atoms with Gasteiger partial charge in [0.25, 0.3) is 16.7 Å². The molecule has 0 unspecified atom stereocenters. The third-order valence-corrected chi connectivity index (χ3v) is 5.44. The Balaban J connectivity index is 1.44. The van der Waals surface area contributed by atoms with Gasteiger partial charge in [-0.3, -0.25) is 4.79 Å². The number of fused-ring (bicyclic) bond motifs is 3. The Morgan fingerprint density at radius 1 is 1.12 bits per heavy atom. The molecular weight excluding hydrogens is 372 g/mol. The summed E-state index contributed by atoms with van der Waals surface area (Å²) in [6, 6.07) is 11.3. The highest BCUT2D eigenvalue weighted by Crippen LogP contribution is 2.28. The van der Waals surface area contributed by atoms with Crippen LogP contribution in [0.1, 0.15) is 5.82 Å². The number of thioether (sulfide) groups is 1. The molecule has 0 spiro atoms. The second-order valence-electron chi connectivity index (χ2n) is 5.43. The largest absolute Gasteiger partial charge is 0.449 e. The first-order valence-electron chi connectivity index (χ1n) is 7.68. The Labute approximate surface area is 154 Å². The van der Waals surface area contributed by atoms with E-state index in [1.165, 1.54) is 23.1 Å². The fourth-order valence-corrected chi connectivity index (χ4v) is 3.89. The van der Waals surface area contributed by atoms with Crippen molar-refractivity contribution >= 4 is 45.2 Å². The van der Waals surface area contributed by atoms with Gasteiger partial charge in [0.2, 0.25) is 5.58 Å². The van der Waals surface area contributed by atoms with Crippen molar-refractivity contribution in [1.82, 2.24) is 20.2 Å². The second kappa shape index (κ2) is 6.11. The van der Waals surface area contributed by atoms with Crippen LogP contribution < -0.4 is 5.56 Å². The predicted molar refractivity (Wildman–Crippen MR) is 99.3 cm³/mol. The molecule has 0 saturated heterocycles. The van der Waals surface area contributed by atoms with E-state index in [1.807, 2.05) is 41.8 Å². The van der Waals surface area contributed by atoms with E-state index in [4.69, 9.17) is 8.83 Å². The summed E-state index contributed by atoms with van der Waals surface area (Å²) in [4.78, 5) is 20.5. The van der Waals surface area contributed by atoms with Crippen LogP contribution >= 0.6 is 23.1 Å². The lowest BCUT2D eigenvalue weighted by molar-refractivity contribution is 0.466. The SMILES string of the molecule is O=c1[nH]c(CSc2nnc(-c3cccs3)o2)nc2c1oc1ccccc12. The van der Waals surface area contributed by atoms with Gasteiger partial charge < -0.3 is 13.8 Å². The number of nitrogens with zero attached hydrogens (tertiary/aromatic N) is 3. The molecule has 0 fully saturated rings. The van der Waals surface area contributed by atoms with Crippen molar-refractivity contribution in [3.05, 3.63) is 58.0 Å². The summed E-state index contributed by atoms with van der Waals surface area (Å²) in [7, 11) is 0. The van der Waals surface area contributed by atoms with Gasteiger partial charge in [0, 0.05) is 5.39 Å². The molecule has 26 heavy (non-hydrogen) atoms. The molecular formula is C17H10N4O3S2. The zero-order valence-electron chi connectivity index (χ0n) is 13.1. The minimum absolute atomic E-state index is 0.234. The van der Waals surface area contributed by atoms with Crippen LogP contribution in [-0.4, -0.2) is 20.2 Å². The number of H-pyrrole nitrogens is 1. The number of para-hydroxylation sites is 1. The lowest BCUT2D eigenvalue weighted by atomic mass is 10.2. The van der Waals surface area contributed by atoms with Gasteiger partial charge in [-0.25, -0.2) is 4.98 Å². The fraction of sp³-hybridized carbons (Fsp3) is 0.0588. The quantitative estimate of drug-likeness (QED) is 0.468. The Morgan fingerprint density at radius 2 is 2.04 bits per heavy atom. The van der Waals surface area contributed by atoms with Crippen molar-refractivity contribution < 1.29 is 8.83 Å². The topological polar surface area (TPSA) is 97.8 Å². The van der Waals surface area contributed by atoms with E-state index in [9.17, 15) is 4.79 Å². The first-order chi connectivity index (χ1) is 12.8. The maximum Gasteiger partial charge on any atom is 0.294 e. The number of nitrogens with one attached hydrogen (secondary N) is 1. The van der Waals surface area contributed by atoms with Crippen LogP contribution in [0.2, 0.25) is 0 Å². The van der Waals surface area contributed by atoms with Gasteiger partial charge in [-0.1, -0.05) is 30.0 Å². The molecule has 5 rings (SSSR count). The number of thiophene rings is 1. The number of aromatic nitrogens is 4. The number of hydrogen-bond donors (Lipinski definition) is 1. The van der Waals surface area contributed by atoms with Gasteiger partial charge in [0.1, 0.15) is 16.9 Å². The van der Waals surface area contributed by atoms with Gasteiger partial charge in [0.05, 0.1) is 10.6 Å². The first-order valence-corrected chi connectivity index (χ1v) is 9.55. The summed E-state index contributed by atoms with van der Waals surface area (Å²) < 4.78 is 11.2. The smallest absolute Gasteiger partial charge is 0.294 e. The normalized spacial score (nSPS) is 11.5. The van der Waals surface area contributed by atoms with E-state index in [2.05, 4.69) is 20.2 Å². The highest BCUT2D eigenvalue weighted by Gasteiger charge is 2.14. The molecule has 0 bridgehead atoms. The van der Waals surface area contributed by atoms with Crippen LogP contribution in [0, 0.1) is 0 Å². The number of aromatic amines is 1. The van der Waals surface area contributed by atoms with Crippen LogP contribution in [-0.2, 0) is 5.75 Å². The minimum Gasteiger partial charge on any atom is -0.449 e. The Hall–Kier alpha value is -2.91. The number of benzene rings is 1. The third kappa shape index (κ3) is 2.61. The third-order valence-electron chi connectivity index (χ3n) is 3.75. The minimum atomic E-state index is -0.299. The maximum absolute atomic E-state index is 12.3. The highest BCUT2D eigenvalue weighted by molar-refractivity contribution is 7.98. The molecule has 1 aromatic carbocycles. The van der Waals surface area contributed by atoms with Crippen LogP contribution in [0.4, 0.5) is 0 Å². The molecule has 5 aromatic rings. The van der Waals surface area contributed by atoms with Crippen LogP contribution in [0.25, 0.3) is 32.8 Å². The zero-order valence-corrected chi connectivity index (χ0v) is 14.8. The predicted octanol–water partition coefficient (Wildman–Crippen LogP) is 4.07. The Kier molecular flexibility index (Phi) is 3.61. The average molecular weight is 382 g/mol. The highest BCUT2D eigenvalue weighted by atomic mass is 32.2. The maximum atomic E-state index is 12.3. The monoisotopic (exact) mass is 382 g/mol. The molecule has 0 amide bonds. The molecule has 0 atom stereocenters. The molecule has 128 valence electrons. The lowest BCUT2D eigenvalue weighted by Gasteiger charge is -1.98. The van der Waals surface area contributed by atoms with E-state index in [0.717, 1.165) is 10.3 Å². The summed E-state index contributed by atoms with van der Waals surface area (Å²) >= 11 is 2.85. The van der Waals surface area contributed by atoms with Crippen LogP contribution in [0.3, 0.4) is 0 Å². The van der Waals surface area contributed by atoms with Crippen molar-refractivity contribution in [3.63, 3.8) is 0 Å². The number of furan rings is 1. The summed E-state index contributed by atoms with van der Waals surface area (Å²) in [6.45, 7) is 0. The molecule has 9 heteroatoms. The Bertz CT molecular complexity index is 1270. The standard InChI is InChI=1S/C17H10N4O3S2/c22-15-14-13(9-4-1-2-5-10(9)23-14)18-12(19-15)8-26-17-21-20-16(24-17)11-6-3-7-25-11/h1-7H,8H2,(H,18,19,22). The average Bonchev–Trinajstić information content (AvgIpc) is 3.39. The molecule has 0 radical (unpaired) electrons. The Morgan fingerprint density at radius 3 is 2.92 bits per heavy atom. The molecule has 1 N–H and O–H groups in total. The number of hydrogen-bond acceptors (Lipinski definition) is 8.